The van der Waals surface area contributed by atoms with E-state index in [9.17, 15) is 18.4 Å². The van der Waals surface area contributed by atoms with E-state index >= 15 is 0 Å². The molecule has 0 fully saturated rings. The molecule has 0 aliphatic heterocycles. The summed E-state index contributed by atoms with van der Waals surface area (Å²) in [7, 11) is 0. The van der Waals surface area contributed by atoms with Crippen LogP contribution < -0.4 is 5.32 Å². The summed E-state index contributed by atoms with van der Waals surface area (Å²) in [5, 5.41) is 2.52. The second kappa shape index (κ2) is 6.08. The average molecular weight is 241 g/mol. The van der Waals surface area contributed by atoms with Crippen molar-refractivity contribution in [3.63, 3.8) is 0 Å². The zero-order valence-electron chi connectivity index (χ0n) is 9.43. The molecule has 0 aliphatic rings. The Bertz CT molecular complexity index is 433. The van der Waals surface area contributed by atoms with E-state index in [1.54, 1.807) is 0 Å². The van der Waals surface area contributed by atoms with Gasteiger partial charge in [0.15, 0.2) is 11.6 Å². The zero-order valence-corrected chi connectivity index (χ0v) is 9.43. The van der Waals surface area contributed by atoms with Crippen LogP contribution >= 0.6 is 0 Å². The molecule has 0 unspecified atom stereocenters. The predicted octanol–water partition coefficient (Wildman–Crippen LogP) is 1.60. The van der Waals surface area contributed by atoms with Gasteiger partial charge < -0.3 is 5.32 Å². The van der Waals surface area contributed by atoms with Crippen LogP contribution in [0.15, 0.2) is 18.2 Å². The van der Waals surface area contributed by atoms with Gasteiger partial charge in [0.1, 0.15) is 5.78 Å². The molecule has 1 aromatic rings. The van der Waals surface area contributed by atoms with Crippen LogP contribution in [0.2, 0.25) is 0 Å². The molecule has 0 spiro atoms. The first-order valence-electron chi connectivity index (χ1n) is 5.19. The largest absolute Gasteiger partial charge is 0.355 e. The molecule has 0 saturated heterocycles. The smallest absolute Gasteiger partial charge is 0.227 e. The highest BCUT2D eigenvalue weighted by Gasteiger charge is 2.05. The topological polar surface area (TPSA) is 46.2 Å². The van der Waals surface area contributed by atoms with Gasteiger partial charge in [-0.2, -0.15) is 0 Å². The number of hydrogen-bond acceptors (Lipinski definition) is 2. The predicted molar refractivity (Wildman–Crippen MR) is 58.4 cm³/mol. The van der Waals surface area contributed by atoms with Crippen LogP contribution in [-0.4, -0.2) is 18.2 Å². The third-order valence-corrected chi connectivity index (χ3v) is 2.13. The van der Waals surface area contributed by atoms with E-state index in [-0.39, 0.29) is 24.7 Å². The molecule has 0 atom stereocenters. The molecule has 1 amide bonds. The number of carbonyl (C=O) groups excluding carboxylic acids is 2. The monoisotopic (exact) mass is 241 g/mol. The molecule has 1 rings (SSSR count). The van der Waals surface area contributed by atoms with Gasteiger partial charge in [0.25, 0.3) is 0 Å². The van der Waals surface area contributed by atoms with Gasteiger partial charge in [-0.05, 0) is 31.0 Å². The average Bonchev–Trinajstić information content (AvgIpc) is 2.22. The minimum Gasteiger partial charge on any atom is -0.355 e. The lowest BCUT2D eigenvalue weighted by Crippen LogP contribution is -2.27. The normalized spacial score (nSPS) is 10.1. The number of nitrogens with one attached hydrogen (secondary N) is 1. The molecular weight excluding hydrogens is 228 g/mol. The van der Waals surface area contributed by atoms with Gasteiger partial charge in [-0.3, -0.25) is 9.59 Å². The Morgan fingerprint density at radius 1 is 1.24 bits per heavy atom. The molecule has 0 saturated carbocycles. The lowest BCUT2D eigenvalue weighted by molar-refractivity contribution is -0.127. The van der Waals surface area contributed by atoms with E-state index in [4.69, 9.17) is 0 Å². The van der Waals surface area contributed by atoms with E-state index in [1.165, 1.54) is 13.0 Å². The van der Waals surface area contributed by atoms with Crippen LogP contribution in [-0.2, 0) is 16.0 Å². The number of ketones is 1. The van der Waals surface area contributed by atoms with E-state index in [2.05, 4.69) is 5.32 Å². The third-order valence-electron chi connectivity index (χ3n) is 2.13. The van der Waals surface area contributed by atoms with Crippen LogP contribution in [0.4, 0.5) is 8.78 Å². The van der Waals surface area contributed by atoms with Crippen molar-refractivity contribution in [1.29, 1.82) is 0 Å². The number of rotatable bonds is 5. The molecule has 17 heavy (non-hydrogen) atoms. The second-order valence-corrected chi connectivity index (χ2v) is 3.73. The molecule has 1 aromatic carbocycles. The first-order chi connectivity index (χ1) is 7.99. The van der Waals surface area contributed by atoms with Crippen molar-refractivity contribution in [3.8, 4) is 0 Å². The Morgan fingerprint density at radius 3 is 2.53 bits per heavy atom. The fraction of sp³-hybridized carbons (Fsp3) is 0.333. The Labute approximate surface area is 97.8 Å². The van der Waals surface area contributed by atoms with Crippen molar-refractivity contribution in [2.45, 2.75) is 19.8 Å². The van der Waals surface area contributed by atoms with Crippen LogP contribution in [0.3, 0.4) is 0 Å². The highest BCUT2D eigenvalue weighted by atomic mass is 19.2. The number of Topliss-reactive ketones (excluding diaryl/α,β-unsaturated/α-hetero) is 1. The SMILES string of the molecule is CC(=O)CC(=O)NCCc1ccc(F)c(F)c1. The maximum Gasteiger partial charge on any atom is 0.227 e. The van der Waals surface area contributed by atoms with Crippen LogP contribution in [0.5, 0.6) is 0 Å². The van der Waals surface area contributed by atoms with Gasteiger partial charge in [0, 0.05) is 6.54 Å². The maximum atomic E-state index is 12.8. The van der Waals surface area contributed by atoms with Crippen LogP contribution in [0.1, 0.15) is 18.9 Å². The first kappa shape index (κ1) is 13.3. The summed E-state index contributed by atoms with van der Waals surface area (Å²) < 4.78 is 25.4. The summed E-state index contributed by atoms with van der Waals surface area (Å²) in [6.07, 6.45) is 0.235. The van der Waals surface area contributed by atoms with Crippen molar-refractivity contribution < 1.29 is 18.4 Å². The van der Waals surface area contributed by atoms with E-state index in [0.717, 1.165) is 12.1 Å². The number of benzene rings is 1. The number of amides is 1. The van der Waals surface area contributed by atoms with Gasteiger partial charge in [-0.1, -0.05) is 6.07 Å². The standard InChI is InChI=1S/C12H13F2NO2/c1-8(16)6-12(17)15-5-4-9-2-3-10(13)11(14)7-9/h2-3,7H,4-6H2,1H3,(H,15,17). The highest BCUT2D eigenvalue weighted by molar-refractivity contribution is 5.96. The molecule has 1 N–H and O–H groups in total. The molecule has 3 nitrogen and oxygen atoms in total. The van der Waals surface area contributed by atoms with E-state index in [1.807, 2.05) is 0 Å². The molecule has 5 heteroatoms. The molecule has 0 aliphatic carbocycles. The van der Waals surface area contributed by atoms with Crippen molar-refractivity contribution >= 4 is 11.7 Å². The molecular formula is C12H13F2NO2. The lowest BCUT2D eigenvalue weighted by Gasteiger charge is -2.04. The zero-order chi connectivity index (χ0) is 12.8. The quantitative estimate of drug-likeness (QED) is 0.796. The summed E-state index contributed by atoms with van der Waals surface area (Å²) in [6.45, 7) is 1.62. The summed E-state index contributed by atoms with van der Waals surface area (Å²) in [4.78, 5) is 21.7. The number of halogens is 2. The van der Waals surface area contributed by atoms with E-state index < -0.39 is 11.6 Å². The van der Waals surface area contributed by atoms with Crippen molar-refractivity contribution in [3.05, 3.63) is 35.4 Å². The molecule has 92 valence electrons. The molecule has 0 heterocycles. The minimum absolute atomic E-state index is 0.155. The number of hydrogen-bond donors (Lipinski definition) is 1. The van der Waals surface area contributed by atoms with Gasteiger partial charge in [0.05, 0.1) is 6.42 Å². The Hall–Kier alpha value is -1.78. The van der Waals surface area contributed by atoms with Crippen molar-refractivity contribution in [2.24, 2.45) is 0 Å². The van der Waals surface area contributed by atoms with Gasteiger partial charge in [0.2, 0.25) is 5.91 Å². The first-order valence-corrected chi connectivity index (χ1v) is 5.19. The Balaban J connectivity index is 2.38. The minimum atomic E-state index is -0.905. The van der Waals surface area contributed by atoms with Crippen molar-refractivity contribution in [2.75, 3.05) is 6.54 Å². The maximum absolute atomic E-state index is 12.8. The Morgan fingerprint density at radius 2 is 1.94 bits per heavy atom. The van der Waals surface area contributed by atoms with Gasteiger partial charge in [-0.15, -0.1) is 0 Å². The number of carbonyl (C=O) groups is 2. The fourth-order valence-corrected chi connectivity index (χ4v) is 1.33. The summed E-state index contributed by atoms with van der Waals surface area (Å²) in [5.41, 5.74) is 0.590. The van der Waals surface area contributed by atoms with Gasteiger partial charge in [-0.25, -0.2) is 8.78 Å². The van der Waals surface area contributed by atoms with Crippen molar-refractivity contribution in [1.82, 2.24) is 5.32 Å². The Kier molecular flexibility index (Phi) is 4.75. The summed E-state index contributed by atoms with van der Waals surface area (Å²) in [5.74, 6) is -2.37. The third kappa shape index (κ3) is 4.72. The fourth-order valence-electron chi connectivity index (χ4n) is 1.33. The molecule has 0 radical (unpaired) electrons. The molecule has 0 bridgehead atoms. The van der Waals surface area contributed by atoms with E-state index in [0.29, 0.717) is 12.0 Å². The second-order valence-electron chi connectivity index (χ2n) is 3.73. The molecule has 0 aromatic heterocycles. The van der Waals surface area contributed by atoms with Crippen LogP contribution in [0, 0.1) is 11.6 Å². The summed E-state index contributed by atoms with van der Waals surface area (Å²) in [6, 6.07) is 3.59. The van der Waals surface area contributed by atoms with Crippen LogP contribution in [0.25, 0.3) is 0 Å². The highest BCUT2D eigenvalue weighted by Crippen LogP contribution is 2.08. The lowest BCUT2D eigenvalue weighted by atomic mass is 10.1. The van der Waals surface area contributed by atoms with Gasteiger partial charge >= 0.3 is 0 Å². The summed E-state index contributed by atoms with van der Waals surface area (Å²) >= 11 is 0.